The van der Waals surface area contributed by atoms with Crippen LogP contribution in [-0.4, -0.2) is 59.9 Å². The number of esters is 1. The lowest BCUT2D eigenvalue weighted by molar-refractivity contribution is -0.140. The second kappa shape index (κ2) is 7.69. The Morgan fingerprint density at radius 1 is 1.48 bits per heavy atom. The average Bonchev–Trinajstić information content (AvgIpc) is 2.87. The first-order chi connectivity index (χ1) is 9.84. The molecule has 0 fully saturated rings. The number of aromatic nitrogens is 3. The van der Waals surface area contributed by atoms with Gasteiger partial charge in [-0.2, -0.15) is 0 Å². The molecule has 1 heterocycles. The number of carbonyl (C=O) groups excluding carboxylic acids is 1. The van der Waals surface area contributed by atoms with Crippen LogP contribution >= 0.6 is 0 Å². The van der Waals surface area contributed by atoms with Gasteiger partial charge in [0, 0.05) is 13.0 Å². The predicted octanol–water partition coefficient (Wildman–Crippen LogP) is -1.15. The summed E-state index contributed by atoms with van der Waals surface area (Å²) in [6, 6.07) is 0. The molecule has 10 nitrogen and oxygen atoms in total. The van der Waals surface area contributed by atoms with Crippen molar-refractivity contribution in [1.29, 1.82) is 0 Å². The van der Waals surface area contributed by atoms with Crippen molar-refractivity contribution in [3.8, 4) is 0 Å². The fourth-order valence-electron chi connectivity index (χ4n) is 1.40. The van der Waals surface area contributed by atoms with E-state index in [1.807, 2.05) is 0 Å². The molecule has 0 atom stereocenters. The van der Waals surface area contributed by atoms with Gasteiger partial charge in [-0.1, -0.05) is 5.21 Å². The van der Waals surface area contributed by atoms with Gasteiger partial charge < -0.3 is 9.84 Å². The topological polar surface area (TPSA) is 140 Å². The van der Waals surface area contributed by atoms with Crippen molar-refractivity contribution in [2.45, 2.75) is 19.4 Å². The van der Waals surface area contributed by atoms with E-state index in [9.17, 15) is 18.0 Å². The molecule has 11 heteroatoms. The van der Waals surface area contributed by atoms with Gasteiger partial charge in [0.15, 0.2) is 5.69 Å². The quantitative estimate of drug-likeness (QED) is 0.543. The van der Waals surface area contributed by atoms with Crippen LogP contribution in [0.4, 0.5) is 0 Å². The summed E-state index contributed by atoms with van der Waals surface area (Å²) in [4.78, 5) is 21.4. The number of carboxylic acid groups (broad SMARTS) is 1. The SMILES string of the molecule is COC(=O)CCCS(=O)(=O)NCCn1cc(C(=O)O)nn1. The normalized spacial score (nSPS) is 11.3. The molecule has 0 radical (unpaired) electrons. The smallest absolute Gasteiger partial charge is 0.358 e. The van der Waals surface area contributed by atoms with Crippen LogP contribution in [0.2, 0.25) is 0 Å². The van der Waals surface area contributed by atoms with E-state index in [0.717, 1.165) is 0 Å². The maximum atomic E-state index is 11.6. The molecular formula is C10H16N4O6S. The van der Waals surface area contributed by atoms with E-state index in [1.165, 1.54) is 18.0 Å². The van der Waals surface area contributed by atoms with Gasteiger partial charge in [0.2, 0.25) is 10.0 Å². The Morgan fingerprint density at radius 3 is 2.76 bits per heavy atom. The van der Waals surface area contributed by atoms with Crippen LogP contribution in [0.3, 0.4) is 0 Å². The highest BCUT2D eigenvalue weighted by Crippen LogP contribution is 1.97. The standard InChI is InChI=1S/C10H16N4O6S/c1-20-9(15)3-2-6-21(18,19)11-4-5-14-7-8(10(16)17)12-13-14/h7,11H,2-6H2,1H3,(H,16,17). The molecule has 1 rings (SSSR count). The molecule has 0 bridgehead atoms. The van der Waals surface area contributed by atoms with Crippen molar-refractivity contribution >= 4 is 22.0 Å². The Balaban J connectivity index is 2.32. The summed E-state index contributed by atoms with van der Waals surface area (Å²) < 4.78 is 31.2. The maximum Gasteiger partial charge on any atom is 0.358 e. The molecule has 0 saturated heterocycles. The van der Waals surface area contributed by atoms with Crippen LogP contribution in [-0.2, 0) is 26.1 Å². The first-order valence-corrected chi connectivity index (χ1v) is 7.67. The Kier molecular flexibility index (Phi) is 6.24. The number of rotatable bonds is 9. The van der Waals surface area contributed by atoms with Gasteiger partial charge in [0.25, 0.3) is 0 Å². The summed E-state index contributed by atoms with van der Waals surface area (Å²) in [7, 11) is -2.27. The molecule has 0 unspecified atom stereocenters. The molecule has 0 spiro atoms. The lowest BCUT2D eigenvalue weighted by atomic mass is 10.3. The fourth-order valence-corrected chi connectivity index (χ4v) is 2.47. The number of ether oxygens (including phenoxy) is 1. The molecule has 118 valence electrons. The maximum absolute atomic E-state index is 11.6. The fraction of sp³-hybridized carbons (Fsp3) is 0.600. The van der Waals surface area contributed by atoms with Gasteiger partial charge in [-0.15, -0.1) is 5.10 Å². The van der Waals surface area contributed by atoms with Crippen LogP contribution in [0.5, 0.6) is 0 Å². The molecule has 0 aliphatic carbocycles. The van der Waals surface area contributed by atoms with Crippen molar-refractivity contribution < 1.29 is 27.9 Å². The number of aromatic carboxylic acids is 1. The number of nitrogens with one attached hydrogen (secondary N) is 1. The lowest BCUT2D eigenvalue weighted by Crippen LogP contribution is -2.30. The molecule has 0 aliphatic heterocycles. The molecule has 0 aliphatic rings. The summed E-state index contributed by atoms with van der Waals surface area (Å²) in [5, 5.41) is 15.6. The van der Waals surface area contributed by atoms with E-state index in [0.29, 0.717) is 0 Å². The zero-order valence-electron chi connectivity index (χ0n) is 11.4. The number of carboxylic acids is 1. The number of hydrogen-bond donors (Lipinski definition) is 2. The van der Waals surface area contributed by atoms with Crippen LogP contribution in [0.25, 0.3) is 0 Å². The third kappa shape index (κ3) is 6.31. The van der Waals surface area contributed by atoms with Crippen LogP contribution in [0.15, 0.2) is 6.20 Å². The third-order valence-electron chi connectivity index (χ3n) is 2.44. The molecule has 21 heavy (non-hydrogen) atoms. The molecule has 0 aromatic carbocycles. The highest BCUT2D eigenvalue weighted by molar-refractivity contribution is 7.89. The average molecular weight is 320 g/mol. The van der Waals surface area contributed by atoms with Crippen molar-refractivity contribution in [2.75, 3.05) is 19.4 Å². The zero-order chi connectivity index (χ0) is 15.9. The highest BCUT2D eigenvalue weighted by Gasteiger charge is 2.12. The van der Waals surface area contributed by atoms with Gasteiger partial charge in [-0.05, 0) is 6.42 Å². The summed E-state index contributed by atoms with van der Waals surface area (Å²) in [6.07, 6.45) is 1.39. The van der Waals surface area contributed by atoms with Gasteiger partial charge in [0.05, 0.1) is 25.6 Å². The van der Waals surface area contributed by atoms with E-state index >= 15 is 0 Å². The van der Waals surface area contributed by atoms with Crippen LogP contribution in [0, 0.1) is 0 Å². The predicted molar refractivity (Wildman–Crippen MR) is 70.0 cm³/mol. The molecule has 2 N–H and O–H groups in total. The summed E-state index contributed by atoms with van der Waals surface area (Å²) in [5.74, 6) is -1.86. The Hall–Kier alpha value is -2.01. The number of hydrogen-bond acceptors (Lipinski definition) is 7. The van der Waals surface area contributed by atoms with Crippen molar-refractivity contribution in [2.24, 2.45) is 0 Å². The summed E-state index contributed by atoms with van der Waals surface area (Å²) in [5.41, 5.74) is -0.212. The van der Waals surface area contributed by atoms with E-state index in [4.69, 9.17) is 5.11 Å². The van der Waals surface area contributed by atoms with E-state index in [1.54, 1.807) is 0 Å². The molecular weight excluding hydrogens is 304 g/mol. The van der Waals surface area contributed by atoms with Crippen LogP contribution in [0.1, 0.15) is 23.3 Å². The van der Waals surface area contributed by atoms with Gasteiger partial charge >= 0.3 is 11.9 Å². The minimum atomic E-state index is -3.50. The molecule has 0 amide bonds. The van der Waals surface area contributed by atoms with E-state index in [-0.39, 0.29) is 37.4 Å². The Bertz CT molecular complexity index is 596. The minimum Gasteiger partial charge on any atom is -0.476 e. The zero-order valence-corrected chi connectivity index (χ0v) is 12.2. The molecule has 0 saturated carbocycles. The number of carbonyl (C=O) groups is 2. The molecule has 1 aromatic heterocycles. The Morgan fingerprint density at radius 2 is 2.19 bits per heavy atom. The number of nitrogens with zero attached hydrogens (tertiary/aromatic N) is 3. The summed E-state index contributed by atoms with van der Waals surface area (Å²) >= 11 is 0. The second-order valence-electron chi connectivity index (χ2n) is 4.06. The highest BCUT2D eigenvalue weighted by atomic mass is 32.2. The van der Waals surface area contributed by atoms with Gasteiger partial charge in [0.1, 0.15) is 0 Å². The number of sulfonamides is 1. The van der Waals surface area contributed by atoms with Crippen LogP contribution < -0.4 is 4.72 Å². The second-order valence-corrected chi connectivity index (χ2v) is 5.99. The van der Waals surface area contributed by atoms with E-state index in [2.05, 4.69) is 19.8 Å². The third-order valence-corrected chi connectivity index (χ3v) is 3.91. The largest absolute Gasteiger partial charge is 0.476 e. The van der Waals surface area contributed by atoms with Crippen molar-refractivity contribution in [1.82, 2.24) is 19.7 Å². The summed E-state index contributed by atoms with van der Waals surface area (Å²) in [6.45, 7) is 0.194. The van der Waals surface area contributed by atoms with Crippen molar-refractivity contribution in [3.63, 3.8) is 0 Å². The lowest BCUT2D eigenvalue weighted by Gasteiger charge is -2.06. The van der Waals surface area contributed by atoms with Gasteiger partial charge in [-0.3, -0.25) is 9.48 Å². The number of methoxy groups -OCH3 is 1. The first-order valence-electron chi connectivity index (χ1n) is 6.01. The minimum absolute atomic E-state index is 0.0302. The Labute approximate surface area is 121 Å². The van der Waals surface area contributed by atoms with Gasteiger partial charge in [-0.25, -0.2) is 17.9 Å². The molecule has 1 aromatic rings. The van der Waals surface area contributed by atoms with E-state index < -0.39 is 22.0 Å². The van der Waals surface area contributed by atoms with Crippen molar-refractivity contribution in [3.05, 3.63) is 11.9 Å². The first kappa shape index (κ1) is 17.0. The monoisotopic (exact) mass is 320 g/mol.